The fourth-order valence-electron chi connectivity index (χ4n) is 1.02. The van der Waals surface area contributed by atoms with Gasteiger partial charge in [0.1, 0.15) is 5.75 Å². The minimum absolute atomic E-state index is 0.0939. The monoisotopic (exact) mass is 199 g/mol. The summed E-state index contributed by atoms with van der Waals surface area (Å²) in [5.74, 6) is 0.171. The summed E-state index contributed by atoms with van der Waals surface area (Å²) in [6.45, 7) is 0.465. The number of para-hydroxylation sites is 1. The number of rotatable bonds is 4. The summed E-state index contributed by atoms with van der Waals surface area (Å²) < 4.78 is 23.2. The summed E-state index contributed by atoms with van der Waals surface area (Å²) in [7, 11) is 0. The van der Waals surface area contributed by atoms with Crippen LogP contribution in [0.15, 0.2) is 36.4 Å². The topological polar surface area (TPSA) is 32.3 Å². The number of phenolic OH excluding ortho intramolecular Hbond substituents is 1. The van der Waals surface area contributed by atoms with Gasteiger partial charge in [0.15, 0.2) is 0 Å². The van der Waals surface area contributed by atoms with Crippen molar-refractivity contribution in [1.82, 2.24) is 5.32 Å². The number of benzene rings is 1. The standard InChI is InChI=1S/C10H11F2NO/c11-10(12)5-6-13-7-8-3-1-2-4-9(8)14/h1-5,13-14H,6-7H2. The SMILES string of the molecule is Oc1ccccc1CNCC=C(F)F. The third-order valence-electron chi connectivity index (χ3n) is 1.71. The molecule has 0 atom stereocenters. The highest BCUT2D eigenvalue weighted by Gasteiger charge is 1.97. The third kappa shape index (κ3) is 3.53. The predicted molar refractivity (Wildman–Crippen MR) is 50.1 cm³/mol. The summed E-state index contributed by atoms with van der Waals surface area (Å²) in [6, 6.07) is 6.78. The van der Waals surface area contributed by atoms with Crippen LogP contribution < -0.4 is 5.32 Å². The predicted octanol–water partition coefficient (Wildman–Crippen LogP) is 2.26. The van der Waals surface area contributed by atoms with Gasteiger partial charge in [-0.2, -0.15) is 8.78 Å². The van der Waals surface area contributed by atoms with E-state index in [0.29, 0.717) is 12.1 Å². The lowest BCUT2D eigenvalue weighted by Gasteiger charge is -2.03. The molecule has 0 fully saturated rings. The molecule has 0 saturated carbocycles. The van der Waals surface area contributed by atoms with Crippen molar-refractivity contribution in [2.24, 2.45) is 0 Å². The maximum absolute atomic E-state index is 11.6. The molecule has 2 N–H and O–H groups in total. The molecule has 4 heteroatoms. The molecule has 1 rings (SSSR count). The van der Waals surface area contributed by atoms with Crippen LogP contribution >= 0.6 is 0 Å². The highest BCUT2D eigenvalue weighted by molar-refractivity contribution is 5.31. The molecule has 2 nitrogen and oxygen atoms in total. The summed E-state index contributed by atoms with van der Waals surface area (Å²) in [5.41, 5.74) is 0.695. The molecule has 0 aromatic heterocycles. The van der Waals surface area contributed by atoms with E-state index in [1.54, 1.807) is 24.3 Å². The van der Waals surface area contributed by atoms with E-state index in [4.69, 9.17) is 0 Å². The Labute approximate surface area is 80.9 Å². The van der Waals surface area contributed by atoms with Crippen molar-refractivity contribution in [3.63, 3.8) is 0 Å². The number of hydrogen-bond donors (Lipinski definition) is 2. The second-order valence-corrected chi connectivity index (χ2v) is 2.75. The van der Waals surface area contributed by atoms with Crippen LogP contribution in [0.3, 0.4) is 0 Å². The minimum atomic E-state index is -1.70. The van der Waals surface area contributed by atoms with E-state index < -0.39 is 6.08 Å². The van der Waals surface area contributed by atoms with Crippen LogP contribution in [0.1, 0.15) is 5.56 Å². The molecule has 76 valence electrons. The van der Waals surface area contributed by atoms with Crippen LogP contribution in [0.5, 0.6) is 5.75 Å². The van der Waals surface area contributed by atoms with Gasteiger partial charge in [0.25, 0.3) is 6.08 Å². The maximum Gasteiger partial charge on any atom is 0.267 e. The summed E-state index contributed by atoms with van der Waals surface area (Å²) >= 11 is 0. The Balaban J connectivity index is 2.39. The van der Waals surface area contributed by atoms with Gasteiger partial charge in [-0.05, 0) is 12.1 Å². The van der Waals surface area contributed by atoms with Crippen LogP contribution in [0, 0.1) is 0 Å². The smallest absolute Gasteiger partial charge is 0.267 e. The first-order chi connectivity index (χ1) is 6.70. The molecule has 0 spiro atoms. The first kappa shape index (κ1) is 10.7. The van der Waals surface area contributed by atoms with E-state index in [9.17, 15) is 13.9 Å². The van der Waals surface area contributed by atoms with Crippen LogP contribution in [0.25, 0.3) is 0 Å². The van der Waals surface area contributed by atoms with Gasteiger partial charge in [0.2, 0.25) is 0 Å². The van der Waals surface area contributed by atoms with Crippen LogP contribution in [-0.4, -0.2) is 11.7 Å². The van der Waals surface area contributed by atoms with E-state index in [1.807, 2.05) is 0 Å². The normalized spacial score (nSPS) is 9.86. The molecule has 0 heterocycles. The molecule has 0 bridgehead atoms. The molecule has 1 aromatic rings. The average Bonchev–Trinajstić information content (AvgIpc) is 2.15. The lowest BCUT2D eigenvalue weighted by atomic mass is 10.2. The number of nitrogens with one attached hydrogen (secondary N) is 1. The van der Waals surface area contributed by atoms with Gasteiger partial charge in [0, 0.05) is 18.7 Å². The summed E-state index contributed by atoms with van der Waals surface area (Å²) in [6.07, 6.45) is -0.908. The van der Waals surface area contributed by atoms with E-state index in [-0.39, 0.29) is 12.3 Å². The zero-order chi connectivity index (χ0) is 10.4. The van der Waals surface area contributed by atoms with Crippen molar-refractivity contribution in [2.45, 2.75) is 6.54 Å². The minimum Gasteiger partial charge on any atom is -0.508 e. The molecular weight excluding hydrogens is 188 g/mol. The van der Waals surface area contributed by atoms with E-state index >= 15 is 0 Å². The first-order valence-corrected chi connectivity index (χ1v) is 4.19. The van der Waals surface area contributed by atoms with Crippen LogP contribution in [0.4, 0.5) is 8.78 Å². The van der Waals surface area contributed by atoms with Gasteiger partial charge in [0.05, 0.1) is 0 Å². The molecule has 0 aliphatic rings. The Morgan fingerprint density at radius 1 is 1.36 bits per heavy atom. The van der Waals surface area contributed by atoms with Crippen molar-refractivity contribution in [2.75, 3.05) is 6.54 Å². The molecule has 0 unspecified atom stereocenters. The molecular formula is C10H11F2NO. The average molecular weight is 199 g/mol. The fourth-order valence-corrected chi connectivity index (χ4v) is 1.02. The Hall–Kier alpha value is -1.42. The lowest BCUT2D eigenvalue weighted by Crippen LogP contribution is -2.12. The molecule has 1 aromatic carbocycles. The highest BCUT2D eigenvalue weighted by atomic mass is 19.3. The van der Waals surface area contributed by atoms with Crippen molar-refractivity contribution in [1.29, 1.82) is 0 Å². The maximum atomic E-state index is 11.6. The molecule has 0 saturated heterocycles. The van der Waals surface area contributed by atoms with Crippen molar-refractivity contribution in [3.8, 4) is 5.75 Å². The van der Waals surface area contributed by atoms with E-state index in [1.165, 1.54) is 0 Å². The molecule has 0 radical (unpaired) electrons. The van der Waals surface area contributed by atoms with Gasteiger partial charge >= 0.3 is 0 Å². The van der Waals surface area contributed by atoms with Gasteiger partial charge < -0.3 is 10.4 Å². The molecule has 0 aliphatic carbocycles. The molecule has 14 heavy (non-hydrogen) atoms. The largest absolute Gasteiger partial charge is 0.508 e. The fraction of sp³-hybridized carbons (Fsp3) is 0.200. The Bertz CT molecular complexity index is 322. The Morgan fingerprint density at radius 3 is 2.71 bits per heavy atom. The van der Waals surface area contributed by atoms with Crippen molar-refractivity contribution in [3.05, 3.63) is 42.0 Å². The van der Waals surface area contributed by atoms with Crippen LogP contribution in [0.2, 0.25) is 0 Å². The number of phenols is 1. The lowest BCUT2D eigenvalue weighted by molar-refractivity contribution is 0.417. The second-order valence-electron chi connectivity index (χ2n) is 2.75. The Kier molecular flexibility index (Phi) is 4.07. The van der Waals surface area contributed by atoms with E-state index in [0.717, 1.165) is 6.08 Å². The third-order valence-corrected chi connectivity index (χ3v) is 1.71. The number of hydrogen-bond acceptors (Lipinski definition) is 2. The van der Waals surface area contributed by atoms with Crippen molar-refractivity contribution < 1.29 is 13.9 Å². The Morgan fingerprint density at radius 2 is 2.07 bits per heavy atom. The van der Waals surface area contributed by atoms with Crippen LogP contribution in [-0.2, 0) is 6.54 Å². The second kappa shape index (κ2) is 5.34. The van der Waals surface area contributed by atoms with Gasteiger partial charge in [-0.15, -0.1) is 0 Å². The van der Waals surface area contributed by atoms with Gasteiger partial charge in [-0.1, -0.05) is 18.2 Å². The molecule has 0 aliphatic heterocycles. The van der Waals surface area contributed by atoms with E-state index in [2.05, 4.69) is 5.32 Å². The first-order valence-electron chi connectivity index (χ1n) is 4.19. The van der Waals surface area contributed by atoms with Gasteiger partial charge in [-0.25, -0.2) is 0 Å². The zero-order valence-corrected chi connectivity index (χ0v) is 7.50. The summed E-state index contributed by atoms with van der Waals surface area (Å²) in [5, 5.41) is 12.1. The van der Waals surface area contributed by atoms with Crippen molar-refractivity contribution >= 4 is 0 Å². The quantitative estimate of drug-likeness (QED) is 0.729. The molecule has 0 amide bonds. The zero-order valence-electron chi connectivity index (χ0n) is 7.50. The number of halogens is 2. The number of aromatic hydroxyl groups is 1. The van der Waals surface area contributed by atoms with Gasteiger partial charge in [-0.3, -0.25) is 0 Å². The summed E-state index contributed by atoms with van der Waals surface area (Å²) in [4.78, 5) is 0. The highest BCUT2D eigenvalue weighted by Crippen LogP contribution is 2.14.